The number of phenols is 2. The zero-order valence-electron chi connectivity index (χ0n) is 10.7. The molecule has 2 aromatic rings. The molecule has 0 heterocycles. The Hall–Kier alpha value is -2.77. The normalized spacial score (nSPS) is 11.0. The number of aromatic hydroxyl groups is 2. The van der Waals surface area contributed by atoms with E-state index in [-0.39, 0.29) is 22.6 Å². The van der Waals surface area contributed by atoms with Crippen molar-refractivity contribution >= 4 is 23.5 Å². The molecule has 4 nitrogen and oxygen atoms in total. The van der Waals surface area contributed by atoms with Crippen molar-refractivity contribution in [2.45, 2.75) is 0 Å². The molecule has 0 saturated heterocycles. The van der Waals surface area contributed by atoms with Gasteiger partial charge in [-0.3, -0.25) is 4.79 Å². The van der Waals surface area contributed by atoms with Crippen molar-refractivity contribution in [3.63, 3.8) is 0 Å². The van der Waals surface area contributed by atoms with Gasteiger partial charge in [-0.05, 0) is 42.0 Å². The summed E-state index contributed by atoms with van der Waals surface area (Å²) >= 11 is 5.84. The molecule has 2 N–H and O–H groups in total. The van der Waals surface area contributed by atoms with Crippen LogP contribution in [0.2, 0.25) is 5.02 Å². The maximum absolute atomic E-state index is 12.2. The first kappa shape index (κ1) is 14.6. The molecule has 0 radical (unpaired) electrons. The van der Waals surface area contributed by atoms with Gasteiger partial charge in [-0.25, -0.2) is 0 Å². The molecule has 5 heteroatoms. The highest BCUT2D eigenvalue weighted by Gasteiger charge is 2.17. The lowest BCUT2D eigenvalue weighted by molar-refractivity contribution is 0.103. The highest BCUT2D eigenvalue weighted by atomic mass is 35.5. The van der Waals surface area contributed by atoms with Gasteiger partial charge in [0.2, 0.25) is 5.78 Å². The largest absolute Gasteiger partial charge is 0.508 e. The Labute approximate surface area is 126 Å². The van der Waals surface area contributed by atoms with Crippen molar-refractivity contribution in [3.05, 3.63) is 64.2 Å². The van der Waals surface area contributed by atoms with Crippen LogP contribution < -0.4 is 0 Å². The van der Waals surface area contributed by atoms with Crippen LogP contribution in [0.25, 0.3) is 6.08 Å². The maximum atomic E-state index is 12.2. The summed E-state index contributed by atoms with van der Waals surface area (Å²) in [6.45, 7) is 0. The molecular weight excluding hydrogens is 290 g/mol. The standard InChI is InChI=1S/C16H10ClNO3/c17-12-3-1-2-10(7-12)6-11(9-18)16(21)14-8-13(19)4-5-15(14)20/h1-8,19-20H/b11-6-. The number of hydrogen-bond donors (Lipinski definition) is 2. The van der Waals surface area contributed by atoms with Crippen molar-refractivity contribution in [2.75, 3.05) is 0 Å². The van der Waals surface area contributed by atoms with Crippen LogP contribution in [0.5, 0.6) is 11.5 Å². The Balaban J connectivity index is 2.44. The second kappa shape index (κ2) is 6.12. The quantitative estimate of drug-likeness (QED) is 0.393. The number of carbonyl (C=O) groups excluding carboxylic acids is 1. The number of Topliss-reactive ketones (excluding diaryl/α,β-unsaturated/α-hetero) is 1. The van der Waals surface area contributed by atoms with Gasteiger partial charge in [0, 0.05) is 5.02 Å². The van der Waals surface area contributed by atoms with Gasteiger partial charge >= 0.3 is 0 Å². The topological polar surface area (TPSA) is 81.3 Å². The third kappa shape index (κ3) is 3.41. The second-order valence-electron chi connectivity index (χ2n) is 4.26. The van der Waals surface area contributed by atoms with Gasteiger partial charge in [-0.15, -0.1) is 0 Å². The molecule has 0 spiro atoms. The summed E-state index contributed by atoms with van der Waals surface area (Å²) < 4.78 is 0. The first-order valence-corrected chi connectivity index (χ1v) is 6.33. The number of hydrogen-bond acceptors (Lipinski definition) is 4. The van der Waals surface area contributed by atoms with Crippen LogP contribution >= 0.6 is 11.6 Å². The number of halogens is 1. The minimum absolute atomic E-state index is 0.134. The Kier molecular flexibility index (Phi) is 4.27. The van der Waals surface area contributed by atoms with Crippen molar-refractivity contribution in [1.82, 2.24) is 0 Å². The van der Waals surface area contributed by atoms with Crippen LogP contribution in [0.4, 0.5) is 0 Å². The van der Waals surface area contributed by atoms with E-state index in [0.717, 1.165) is 6.07 Å². The number of benzene rings is 2. The van der Waals surface area contributed by atoms with E-state index < -0.39 is 5.78 Å². The molecule has 0 atom stereocenters. The summed E-state index contributed by atoms with van der Waals surface area (Å²) in [7, 11) is 0. The van der Waals surface area contributed by atoms with E-state index in [2.05, 4.69) is 0 Å². The number of phenolic OH excluding ortho intramolecular Hbond substituents is 2. The average Bonchev–Trinajstić information content (AvgIpc) is 2.46. The van der Waals surface area contributed by atoms with E-state index in [0.29, 0.717) is 10.6 Å². The van der Waals surface area contributed by atoms with Gasteiger partial charge < -0.3 is 10.2 Å². The van der Waals surface area contributed by atoms with Gasteiger partial charge in [0.1, 0.15) is 23.1 Å². The molecule has 2 aromatic carbocycles. The summed E-state index contributed by atoms with van der Waals surface area (Å²) in [5.74, 6) is -1.15. The van der Waals surface area contributed by atoms with Crippen molar-refractivity contribution < 1.29 is 15.0 Å². The predicted octanol–water partition coefficient (Wildman–Crippen LogP) is 3.54. The molecule has 21 heavy (non-hydrogen) atoms. The van der Waals surface area contributed by atoms with E-state index in [1.54, 1.807) is 30.3 Å². The number of carbonyl (C=O) groups is 1. The lowest BCUT2D eigenvalue weighted by Crippen LogP contribution is -2.02. The minimum atomic E-state index is -0.675. The Morgan fingerprint density at radius 2 is 1.95 bits per heavy atom. The minimum Gasteiger partial charge on any atom is -0.508 e. The predicted molar refractivity (Wildman–Crippen MR) is 79.1 cm³/mol. The SMILES string of the molecule is N#C/C(=C/c1cccc(Cl)c1)C(=O)c1cc(O)ccc1O. The van der Waals surface area contributed by atoms with Gasteiger partial charge in [0.25, 0.3) is 0 Å². The molecule has 104 valence electrons. The molecular formula is C16H10ClNO3. The van der Waals surface area contributed by atoms with Crippen molar-refractivity contribution in [1.29, 1.82) is 5.26 Å². The highest BCUT2D eigenvalue weighted by Crippen LogP contribution is 2.25. The van der Waals surface area contributed by atoms with Crippen molar-refractivity contribution in [3.8, 4) is 17.6 Å². The van der Waals surface area contributed by atoms with Crippen LogP contribution in [0, 0.1) is 11.3 Å². The van der Waals surface area contributed by atoms with Crippen LogP contribution in [0.1, 0.15) is 15.9 Å². The van der Waals surface area contributed by atoms with E-state index in [1.165, 1.54) is 18.2 Å². The zero-order valence-corrected chi connectivity index (χ0v) is 11.5. The van der Waals surface area contributed by atoms with Crippen LogP contribution in [-0.4, -0.2) is 16.0 Å². The number of ketones is 1. The van der Waals surface area contributed by atoms with Gasteiger partial charge in [0.05, 0.1) is 5.56 Å². The average molecular weight is 300 g/mol. The van der Waals surface area contributed by atoms with Gasteiger partial charge in [0.15, 0.2) is 0 Å². The Bertz CT molecular complexity index is 775. The fraction of sp³-hybridized carbons (Fsp3) is 0. The molecule has 0 saturated carbocycles. The number of allylic oxidation sites excluding steroid dienone is 1. The molecule has 0 amide bonds. The van der Waals surface area contributed by atoms with Crippen molar-refractivity contribution in [2.24, 2.45) is 0 Å². The summed E-state index contributed by atoms with van der Waals surface area (Å²) in [6.07, 6.45) is 1.37. The second-order valence-corrected chi connectivity index (χ2v) is 4.69. The molecule has 0 aromatic heterocycles. The zero-order chi connectivity index (χ0) is 15.4. The first-order valence-electron chi connectivity index (χ1n) is 5.95. The molecule has 0 aliphatic rings. The molecule has 0 bridgehead atoms. The van der Waals surface area contributed by atoms with E-state index >= 15 is 0 Å². The lowest BCUT2D eigenvalue weighted by Gasteiger charge is -2.04. The van der Waals surface area contributed by atoms with Crippen LogP contribution in [-0.2, 0) is 0 Å². The summed E-state index contributed by atoms with van der Waals surface area (Å²) in [5, 5.41) is 28.7. The first-order chi connectivity index (χ1) is 10.0. The fourth-order valence-electron chi connectivity index (χ4n) is 1.76. The van der Waals surface area contributed by atoms with E-state index in [1.807, 2.05) is 0 Å². The molecule has 0 aliphatic heterocycles. The van der Waals surface area contributed by atoms with Gasteiger partial charge in [-0.2, -0.15) is 5.26 Å². The monoisotopic (exact) mass is 299 g/mol. The number of rotatable bonds is 3. The van der Waals surface area contributed by atoms with Gasteiger partial charge in [-0.1, -0.05) is 23.7 Å². The van der Waals surface area contributed by atoms with Crippen LogP contribution in [0.15, 0.2) is 48.0 Å². The summed E-state index contributed by atoms with van der Waals surface area (Å²) in [5.41, 5.74) is 0.287. The third-order valence-corrected chi connectivity index (χ3v) is 2.98. The van der Waals surface area contributed by atoms with E-state index in [4.69, 9.17) is 16.9 Å². The highest BCUT2D eigenvalue weighted by molar-refractivity contribution is 6.30. The summed E-state index contributed by atoms with van der Waals surface area (Å²) in [6, 6.07) is 12.0. The summed E-state index contributed by atoms with van der Waals surface area (Å²) in [4.78, 5) is 12.2. The third-order valence-electron chi connectivity index (χ3n) is 2.75. The molecule has 0 aliphatic carbocycles. The maximum Gasteiger partial charge on any atom is 0.207 e. The Morgan fingerprint density at radius 1 is 1.19 bits per heavy atom. The number of nitrogens with zero attached hydrogens (tertiary/aromatic N) is 1. The van der Waals surface area contributed by atoms with Crippen LogP contribution in [0.3, 0.4) is 0 Å². The number of nitriles is 1. The molecule has 2 rings (SSSR count). The Morgan fingerprint density at radius 3 is 2.62 bits per heavy atom. The van der Waals surface area contributed by atoms with E-state index in [9.17, 15) is 15.0 Å². The molecule has 0 unspecified atom stereocenters. The fourth-order valence-corrected chi connectivity index (χ4v) is 1.96. The lowest BCUT2D eigenvalue weighted by atomic mass is 10.0. The smallest absolute Gasteiger partial charge is 0.207 e. The molecule has 0 fully saturated rings.